The minimum atomic E-state index is -0.854. The van der Waals surface area contributed by atoms with Gasteiger partial charge in [-0.2, -0.15) is 0 Å². The molecule has 1 aliphatic heterocycles. The highest BCUT2D eigenvalue weighted by molar-refractivity contribution is 5.89. The highest BCUT2D eigenvalue weighted by atomic mass is 19.1. The van der Waals surface area contributed by atoms with Gasteiger partial charge in [-0.15, -0.1) is 0 Å². The van der Waals surface area contributed by atoms with E-state index in [1.54, 1.807) is 18.7 Å². The van der Waals surface area contributed by atoms with Crippen molar-refractivity contribution in [1.29, 1.82) is 0 Å². The maximum atomic E-state index is 14.0. The molecule has 1 saturated heterocycles. The molecule has 0 radical (unpaired) electrons. The molecular formula is C20H19F2N5O4. The van der Waals surface area contributed by atoms with Crippen molar-refractivity contribution in [2.24, 2.45) is 5.92 Å². The summed E-state index contributed by atoms with van der Waals surface area (Å²) < 4.78 is 33.0. The van der Waals surface area contributed by atoms with Crippen LogP contribution in [0.15, 0.2) is 28.9 Å². The van der Waals surface area contributed by atoms with Crippen molar-refractivity contribution in [3.8, 4) is 0 Å². The molecule has 0 spiro atoms. The molecule has 0 saturated carbocycles. The standard InChI is InChI=1S/C20H19F2N5O4/c1-9-14-3-12(21)4-15(22)17(14)31-16(9)10(2)25-20(30)26-13-5-23-19(24-6-13)27-7-11(8-27)18(28)29/h3-6,10-11H,7-8H2,1-2H3,(H,28,29)(H2,25,26,30). The van der Waals surface area contributed by atoms with E-state index in [4.69, 9.17) is 9.52 Å². The number of carboxylic acid groups (broad SMARTS) is 1. The molecule has 2 amide bonds. The summed E-state index contributed by atoms with van der Waals surface area (Å²) in [5, 5.41) is 14.5. The number of benzene rings is 1. The van der Waals surface area contributed by atoms with Crippen LogP contribution in [-0.2, 0) is 4.79 Å². The third kappa shape index (κ3) is 3.98. The molecule has 1 aromatic carbocycles. The van der Waals surface area contributed by atoms with Crippen LogP contribution < -0.4 is 15.5 Å². The summed E-state index contributed by atoms with van der Waals surface area (Å²) in [7, 11) is 0. The smallest absolute Gasteiger partial charge is 0.319 e. The Bertz CT molecular complexity index is 1160. The summed E-state index contributed by atoms with van der Waals surface area (Å²) in [4.78, 5) is 33.2. The van der Waals surface area contributed by atoms with Crippen molar-refractivity contribution in [2.75, 3.05) is 23.3 Å². The summed E-state index contributed by atoms with van der Waals surface area (Å²) >= 11 is 0. The molecule has 11 heteroatoms. The van der Waals surface area contributed by atoms with Crippen LogP contribution in [0.1, 0.15) is 24.3 Å². The van der Waals surface area contributed by atoms with Crippen molar-refractivity contribution >= 4 is 34.6 Å². The van der Waals surface area contributed by atoms with Crippen LogP contribution in [0.2, 0.25) is 0 Å². The fourth-order valence-corrected chi connectivity index (χ4v) is 3.45. The topological polar surface area (TPSA) is 121 Å². The first-order valence-corrected chi connectivity index (χ1v) is 9.48. The number of nitrogens with zero attached hydrogens (tertiary/aromatic N) is 3. The van der Waals surface area contributed by atoms with E-state index in [9.17, 15) is 18.4 Å². The Morgan fingerprint density at radius 2 is 1.94 bits per heavy atom. The lowest BCUT2D eigenvalue weighted by molar-refractivity contribution is -0.142. The zero-order chi connectivity index (χ0) is 22.3. The first kappa shape index (κ1) is 20.5. The van der Waals surface area contributed by atoms with E-state index < -0.39 is 35.6 Å². The van der Waals surface area contributed by atoms with Crippen LogP contribution in [-0.4, -0.2) is 40.2 Å². The van der Waals surface area contributed by atoms with E-state index in [0.717, 1.165) is 6.07 Å². The summed E-state index contributed by atoms with van der Waals surface area (Å²) in [6, 6.07) is 0.740. The van der Waals surface area contributed by atoms with E-state index in [0.29, 0.717) is 41.4 Å². The number of furan rings is 1. The Hall–Kier alpha value is -3.76. The number of anilines is 2. The summed E-state index contributed by atoms with van der Waals surface area (Å²) in [5.74, 6) is -2.11. The maximum Gasteiger partial charge on any atom is 0.319 e. The lowest BCUT2D eigenvalue weighted by Crippen LogP contribution is -2.51. The Balaban J connectivity index is 1.39. The zero-order valence-corrected chi connectivity index (χ0v) is 16.6. The molecule has 0 aliphatic carbocycles. The van der Waals surface area contributed by atoms with Gasteiger partial charge in [0.15, 0.2) is 11.4 Å². The molecule has 0 bridgehead atoms. The van der Waals surface area contributed by atoms with Crippen molar-refractivity contribution in [1.82, 2.24) is 15.3 Å². The number of urea groups is 1. The van der Waals surface area contributed by atoms with Crippen LogP contribution in [0.3, 0.4) is 0 Å². The molecule has 1 unspecified atom stereocenters. The largest absolute Gasteiger partial charge is 0.481 e. The number of rotatable bonds is 5. The van der Waals surface area contributed by atoms with Gasteiger partial charge in [-0.3, -0.25) is 4.79 Å². The second kappa shape index (κ2) is 7.82. The van der Waals surface area contributed by atoms with Crippen molar-refractivity contribution < 1.29 is 27.9 Å². The molecule has 31 heavy (non-hydrogen) atoms. The quantitative estimate of drug-likeness (QED) is 0.567. The maximum absolute atomic E-state index is 14.0. The van der Waals surface area contributed by atoms with Crippen LogP contribution in [0.25, 0.3) is 11.0 Å². The number of nitrogens with one attached hydrogen (secondary N) is 2. The van der Waals surface area contributed by atoms with Gasteiger partial charge < -0.3 is 25.1 Å². The Labute approximate surface area is 175 Å². The first-order chi connectivity index (χ1) is 14.7. The molecule has 3 N–H and O–H groups in total. The van der Waals surface area contributed by atoms with Gasteiger partial charge in [-0.1, -0.05) is 0 Å². The lowest BCUT2D eigenvalue weighted by Gasteiger charge is -2.36. The molecule has 3 heterocycles. The molecule has 1 fully saturated rings. The number of halogens is 2. The van der Waals surface area contributed by atoms with E-state index in [1.807, 2.05) is 0 Å². The predicted octanol–water partition coefficient (Wildman–Crippen LogP) is 3.21. The molecular weight excluding hydrogens is 412 g/mol. The van der Waals surface area contributed by atoms with Gasteiger partial charge in [0.05, 0.1) is 30.0 Å². The van der Waals surface area contributed by atoms with Gasteiger partial charge >= 0.3 is 12.0 Å². The van der Waals surface area contributed by atoms with Gasteiger partial charge in [0.1, 0.15) is 11.6 Å². The van der Waals surface area contributed by atoms with Crippen LogP contribution in [0, 0.1) is 24.5 Å². The van der Waals surface area contributed by atoms with Crippen LogP contribution in [0.5, 0.6) is 0 Å². The highest BCUT2D eigenvalue weighted by Crippen LogP contribution is 2.31. The van der Waals surface area contributed by atoms with Crippen LogP contribution in [0.4, 0.5) is 25.2 Å². The summed E-state index contributed by atoms with van der Waals surface area (Å²) in [6.45, 7) is 3.98. The van der Waals surface area contributed by atoms with E-state index in [-0.39, 0.29) is 5.58 Å². The Morgan fingerprint density at radius 1 is 1.26 bits per heavy atom. The lowest BCUT2D eigenvalue weighted by atomic mass is 10.0. The minimum absolute atomic E-state index is 0.0666. The predicted molar refractivity (Wildman–Crippen MR) is 107 cm³/mol. The number of aliphatic carboxylic acids is 1. The van der Waals surface area contributed by atoms with Crippen LogP contribution >= 0.6 is 0 Å². The third-order valence-corrected chi connectivity index (χ3v) is 5.14. The molecule has 3 aromatic rings. The van der Waals surface area contributed by atoms with Gasteiger partial charge in [0.25, 0.3) is 0 Å². The number of carbonyl (C=O) groups excluding carboxylic acids is 1. The van der Waals surface area contributed by atoms with Gasteiger partial charge in [-0.05, 0) is 19.9 Å². The molecule has 1 atom stereocenters. The average Bonchev–Trinajstić information content (AvgIpc) is 2.99. The molecule has 1 aliphatic rings. The molecule has 162 valence electrons. The third-order valence-electron chi connectivity index (χ3n) is 5.14. The number of carbonyl (C=O) groups is 2. The van der Waals surface area contributed by atoms with Crippen molar-refractivity contribution in [3.63, 3.8) is 0 Å². The summed E-state index contributed by atoms with van der Waals surface area (Å²) in [5.41, 5.74) is 0.796. The second-order valence-corrected chi connectivity index (χ2v) is 7.39. The number of aromatic nitrogens is 2. The molecule has 4 rings (SSSR count). The minimum Gasteiger partial charge on any atom is -0.481 e. The normalized spacial score (nSPS) is 14.9. The number of aryl methyl sites for hydroxylation is 1. The number of hydrogen-bond donors (Lipinski definition) is 3. The Kier molecular flexibility index (Phi) is 5.17. The van der Waals surface area contributed by atoms with Gasteiger partial charge in [0, 0.05) is 30.1 Å². The van der Waals surface area contributed by atoms with E-state index in [1.165, 1.54) is 18.5 Å². The average molecular weight is 431 g/mol. The SMILES string of the molecule is Cc1c(C(C)NC(=O)Nc2cnc(N3CC(C(=O)O)C3)nc2)oc2c(F)cc(F)cc12. The zero-order valence-electron chi connectivity index (χ0n) is 16.6. The Morgan fingerprint density at radius 3 is 2.58 bits per heavy atom. The summed E-state index contributed by atoms with van der Waals surface area (Å²) in [6.07, 6.45) is 2.82. The number of carboxylic acids is 1. The van der Waals surface area contributed by atoms with Crippen molar-refractivity contribution in [2.45, 2.75) is 19.9 Å². The number of fused-ring (bicyclic) bond motifs is 1. The fraction of sp³-hybridized carbons (Fsp3) is 0.300. The van der Waals surface area contributed by atoms with E-state index >= 15 is 0 Å². The first-order valence-electron chi connectivity index (χ1n) is 9.48. The van der Waals surface area contributed by atoms with Gasteiger partial charge in [-0.25, -0.2) is 23.5 Å². The monoisotopic (exact) mass is 431 g/mol. The number of hydrogen-bond acceptors (Lipinski definition) is 6. The molecule has 9 nitrogen and oxygen atoms in total. The highest BCUT2D eigenvalue weighted by Gasteiger charge is 2.34. The fourth-order valence-electron chi connectivity index (χ4n) is 3.45. The molecule has 2 aromatic heterocycles. The second-order valence-electron chi connectivity index (χ2n) is 7.39. The van der Waals surface area contributed by atoms with Crippen molar-refractivity contribution in [3.05, 3.63) is 47.5 Å². The van der Waals surface area contributed by atoms with Gasteiger partial charge in [0.2, 0.25) is 5.95 Å². The van der Waals surface area contributed by atoms with E-state index in [2.05, 4.69) is 20.6 Å². The number of amides is 2.